The van der Waals surface area contributed by atoms with Crippen LogP contribution >= 0.6 is 11.5 Å². The Bertz CT molecular complexity index is 909. The van der Waals surface area contributed by atoms with Gasteiger partial charge in [0.1, 0.15) is 5.69 Å². The van der Waals surface area contributed by atoms with Gasteiger partial charge in [-0.3, -0.25) is 9.69 Å². The van der Waals surface area contributed by atoms with Crippen molar-refractivity contribution in [2.24, 2.45) is 11.3 Å². The summed E-state index contributed by atoms with van der Waals surface area (Å²) >= 11 is 1.48. The summed E-state index contributed by atoms with van der Waals surface area (Å²) in [5.41, 5.74) is 1.13. The third-order valence-corrected chi connectivity index (χ3v) is 6.89. The van der Waals surface area contributed by atoms with E-state index in [1.165, 1.54) is 16.4 Å². The smallest absolute Gasteiger partial charge is 0.337 e. The van der Waals surface area contributed by atoms with E-state index in [2.05, 4.69) is 14.3 Å². The quantitative estimate of drug-likeness (QED) is 0.694. The molecule has 4 rings (SSSR count). The summed E-state index contributed by atoms with van der Waals surface area (Å²) in [5, 5.41) is 19.5. The first kappa shape index (κ1) is 19.1. The van der Waals surface area contributed by atoms with Crippen LogP contribution < -0.4 is 0 Å². The summed E-state index contributed by atoms with van der Waals surface area (Å²) < 4.78 is 4.14. The number of hydrogen-bond donors (Lipinski definition) is 3. The highest BCUT2D eigenvalue weighted by Crippen LogP contribution is 2.43. The number of aromatic carboxylic acids is 1. The van der Waals surface area contributed by atoms with Gasteiger partial charge in [-0.2, -0.15) is 0 Å². The molecule has 2 unspecified atom stereocenters. The molecule has 0 saturated carbocycles. The van der Waals surface area contributed by atoms with Crippen LogP contribution in [0.15, 0.2) is 12.3 Å². The second-order valence-corrected chi connectivity index (χ2v) is 8.90. The minimum atomic E-state index is -1.03. The van der Waals surface area contributed by atoms with Gasteiger partial charge in [0.25, 0.3) is 5.91 Å². The molecule has 0 bridgehead atoms. The molecule has 0 radical (unpaired) electrons. The summed E-state index contributed by atoms with van der Waals surface area (Å²) in [7, 11) is 0. The van der Waals surface area contributed by atoms with Crippen LogP contribution in [0.5, 0.6) is 0 Å². The van der Waals surface area contributed by atoms with Gasteiger partial charge in [-0.25, -0.2) is 9.17 Å². The fraction of sp³-hybridized carbons (Fsp3) is 0.526. The minimum absolute atomic E-state index is 0.0315. The molecule has 2 aliphatic rings. The van der Waals surface area contributed by atoms with Crippen LogP contribution in [0, 0.1) is 25.2 Å². The molecule has 2 atom stereocenters. The molecule has 2 fully saturated rings. The van der Waals surface area contributed by atoms with Crippen molar-refractivity contribution in [3.63, 3.8) is 0 Å². The maximum atomic E-state index is 13.1. The van der Waals surface area contributed by atoms with Crippen molar-refractivity contribution in [3.8, 4) is 0 Å². The Hall–Kier alpha value is -2.23. The van der Waals surface area contributed by atoms with Crippen LogP contribution in [0.1, 0.15) is 37.0 Å². The van der Waals surface area contributed by atoms with Gasteiger partial charge < -0.3 is 20.1 Å². The number of amides is 1. The van der Waals surface area contributed by atoms with E-state index in [-0.39, 0.29) is 29.4 Å². The van der Waals surface area contributed by atoms with Gasteiger partial charge in [-0.05, 0) is 42.9 Å². The molecule has 2 saturated heterocycles. The van der Waals surface area contributed by atoms with Crippen LogP contribution in [-0.2, 0) is 6.54 Å². The van der Waals surface area contributed by atoms with Crippen molar-refractivity contribution in [1.29, 1.82) is 0 Å². The van der Waals surface area contributed by atoms with Crippen molar-refractivity contribution >= 4 is 23.4 Å². The van der Waals surface area contributed by atoms with Crippen molar-refractivity contribution in [2.75, 3.05) is 32.8 Å². The second-order valence-electron chi connectivity index (χ2n) is 7.98. The van der Waals surface area contributed by atoms with E-state index in [1.807, 2.05) is 6.07 Å². The Morgan fingerprint density at radius 2 is 2.14 bits per heavy atom. The van der Waals surface area contributed by atoms with E-state index in [1.54, 1.807) is 24.9 Å². The Labute approximate surface area is 166 Å². The van der Waals surface area contributed by atoms with Gasteiger partial charge >= 0.3 is 5.97 Å². The number of aliphatic hydroxyl groups is 1. The van der Waals surface area contributed by atoms with Crippen molar-refractivity contribution < 1.29 is 19.8 Å². The van der Waals surface area contributed by atoms with E-state index >= 15 is 0 Å². The average molecular weight is 404 g/mol. The molecule has 1 amide bonds. The van der Waals surface area contributed by atoms with Gasteiger partial charge in [-0.15, -0.1) is 0 Å². The number of aliphatic hydroxyl groups excluding tert-OH is 1. The Balaban J connectivity index is 1.50. The number of carboxylic acid groups (broad SMARTS) is 1. The lowest BCUT2D eigenvalue weighted by Gasteiger charge is -2.27. The lowest BCUT2D eigenvalue weighted by atomic mass is 9.82. The Morgan fingerprint density at radius 1 is 1.36 bits per heavy atom. The molecule has 2 aromatic heterocycles. The molecule has 2 aromatic rings. The number of H-pyrrole nitrogens is 1. The summed E-state index contributed by atoms with van der Waals surface area (Å²) in [5.74, 6) is -1.02. The highest BCUT2D eigenvalue weighted by Gasteiger charge is 2.53. The molecular formula is C19H24N4O4S. The summed E-state index contributed by atoms with van der Waals surface area (Å²) in [6.07, 6.45) is 1.80. The normalized spacial score (nSPS) is 24.7. The number of aromatic nitrogens is 2. The first-order chi connectivity index (χ1) is 13.3. The molecule has 2 aliphatic heterocycles. The molecule has 0 spiro atoms. The summed E-state index contributed by atoms with van der Waals surface area (Å²) in [6.45, 7) is 6.78. The number of aryl methyl sites for hydroxylation is 1. The molecule has 0 aromatic carbocycles. The first-order valence-electron chi connectivity index (χ1n) is 9.29. The monoisotopic (exact) mass is 404 g/mol. The fourth-order valence-corrected chi connectivity index (χ4v) is 5.40. The fourth-order valence-electron chi connectivity index (χ4n) is 4.78. The standard InChI is InChI=1S/C19H24N4O4S/c1-11-15(18(26)27)12(2)21-16(11)17(25)23-6-13-5-22(7-14-3-4-20-28-14)8-19(13,9-23)10-24/h3-4,13,21,24H,5-10H2,1-2H3,(H,26,27). The zero-order chi connectivity index (χ0) is 20.1. The van der Waals surface area contributed by atoms with E-state index in [9.17, 15) is 19.8 Å². The number of rotatable bonds is 5. The number of fused-ring (bicyclic) bond motifs is 1. The molecule has 9 heteroatoms. The van der Waals surface area contributed by atoms with Gasteiger partial charge in [0, 0.05) is 54.9 Å². The van der Waals surface area contributed by atoms with Crippen molar-refractivity contribution in [1.82, 2.24) is 19.2 Å². The number of nitrogens with one attached hydrogen (secondary N) is 1. The molecule has 4 heterocycles. The third-order valence-electron chi connectivity index (χ3n) is 6.17. The number of aromatic amines is 1. The predicted molar refractivity (Wildman–Crippen MR) is 104 cm³/mol. The highest BCUT2D eigenvalue weighted by molar-refractivity contribution is 7.05. The van der Waals surface area contributed by atoms with Crippen LogP contribution in [0.2, 0.25) is 0 Å². The average Bonchev–Trinajstić information content (AvgIpc) is 3.37. The van der Waals surface area contributed by atoms with Crippen molar-refractivity contribution in [3.05, 3.63) is 39.7 Å². The topological polar surface area (TPSA) is 110 Å². The van der Waals surface area contributed by atoms with Gasteiger partial charge in [-0.1, -0.05) is 0 Å². The Morgan fingerprint density at radius 3 is 2.71 bits per heavy atom. The van der Waals surface area contributed by atoms with E-state index in [0.29, 0.717) is 30.0 Å². The summed E-state index contributed by atoms with van der Waals surface area (Å²) in [4.78, 5) is 32.7. The third kappa shape index (κ3) is 3.03. The lowest BCUT2D eigenvalue weighted by molar-refractivity contribution is 0.0695. The van der Waals surface area contributed by atoms with Gasteiger partial charge in [0.2, 0.25) is 0 Å². The van der Waals surface area contributed by atoms with Gasteiger partial charge in [0.05, 0.1) is 12.2 Å². The number of carboxylic acids is 1. The lowest BCUT2D eigenvalue weighted by Crippen LogP contribution is -2.39. The minimum Gasteiger partial charge on any atom is -0.478 e. The first-order valence-corrected chi connectivity index (χ1v) is 10.1. The van der Waals surface area contributed by atoms with Gasteiger partial charge in [0.15, 0.2) is 0 Å². The molecule has 8 nitrogen and oxygen atoms in total. The van der Waals surface area contributed by atoms with E-state index < -0.39 is 5.97 Å². The zero-order valence-electron chi connectivity index (χ0n) is 15.9. The van der Waals surface area contributed by atoms with Crippen LogP contribution in [0.4, 0.5) is 0 Å². The number of nitrogens with zero attached hydrogens (tertiary/aromatic N) is 3. The van der Waals surface area contributed by atoms with E-state index in [4.69, 9.17) is 0 Å². The maximum Gasteiger partial charge on any atom is 0.337 e. The number of carbonyl (C=O) groups is 2. The number of likely N-dealkylation sites (tertiary alicyclic amines) is 2. The number of hydrogen-bond acceptors (Lipinski definition) is 6. The van der Waals surface area contributed by atoms with Crippen LogP contribution in [0.3, 0.4) is 0 Å². The maximum absolute atomic E-state index is 13.1. The second kappa shape index (κ2) is 6.98. The predicted octanol–water partition coefficient (Wildman–Crippen LogP) is 1.35. The number of carbonyl (C=O) groups excluding carboxylic acids is 1. The van der Waals surface area contributed by atoms with Crippen molar-refractivity contribution in [2.45, 2.75) is 20.4 Å². The molecule has 3 N–H and O–H groups in total. The van der Waals surface area contributed by atoms with Crippen LogP contribution in [0.25, 0.3) is 0 Å². The molecular weight excluding hydrogens is 380 g/mol. The zero-order valence-corrected chi connectivity index (χ0v) is 16.8. The van der Waals surface area contributed by atoms with E-state index in [0.717, 1.165) is 19.6 Å². The molecule has 28 heavy (non-hydrogen) atoms. The molecule has 0 aliphatic carbocycles. The highest BCUT2D eigenvalue weighted by atomic mass is 32.1. The van der Waals surface area contributed by atoms with Crippen LogP contribution in [-0.4, -0.2) is 74.0 Å². The Kier molecular flexibility index (Phi) is 4.76. The SMILES string of the molecule is Cc1[nH]c(C(=O)N2CC3CN(Cc4ccns4)CC3(CO)C2)c(C)c1C(=O)O. The molecule has 150 valence electrons. The largest absolute Gasteiger partial charge is 0.478 e. The summed E-state index contributed by atoms with van der Waals surface area (Å²) in [6, 6.07) is 2.01.